The molecular weight excluding hydrogens is 454 g/mol. The third-order valence-electron chi connectivity index (χ3n) is 5.67. The molecule has 0 spiro atoms. The maximum atomic E-state index is 12.6. The van der Waals surface area contributed by atoms with Crippen LogP contribution < -0.4 is 25.0 Å². The minimum Gasteiger partial charge on any atom is -0.493 e. The number of rotatable bonds is 10. The minimum atomic E-state index is -0.705. The van der Waals surface area contributed by atoms with Crippen LogP contribution in [0.4, 0.5) is 5.69 Å². The van der Waals surface area contributed by atoms with Gasteiger partial charge >= 0.3 is 5.97 Å². The molecule has 0 radical (unpaired) electrons. The largest absolute Gasteiger partial charge is 0.493 e. The average Bonchev–Trinajstić information content (AvgIpc) is 3.32. The van der Waals surface area contributed by atoms with Gasteiger partial charge in [-0.1, -0.05) is 6.07 Å². The van der Waals surface area contributed by atoms with E-state index in [4.69, 9.17) is 14.2 Å². The molecule has 1 atom stereocenters. The highest BCUT2D eigenvalue weighted by atomic mass is 16.5. The summed E-state index contributed by atoms with van der Waals surface area (Å²) in [7, 11) is 4.26. The first-order chi connectivity index (χ1) is 16.9. The van der Waals surface area contributed by atoms with Crippen LogP contribution in [0, 0.1) is 0 Å². The first-order valence-electron chi connectivity index (χ1n) is 11.1. The molecule has 0 aromatic heterocycles. The molecule has 10 nitrogen and oxygen atoms in total. The number of amides is 3. The van der Waals surface area contributed by atoms with Gasteiger partial charge < -0.3 is 29.7 Å². The summed E-state index contributed by atoms with van der Waals surface area (Å²) in [6, 6.07) is 11.0. The lowest BCUT2D eigenvalue weighted by molar-refractivity contribution is -0.141. The zero-order valence-electron chi connectivity index (χ0n) is 20.0. The molecule has 3 amide bonds. The van der Waals surface area contributed by atoms with Crippen molar-refractivity contribution >= 4 is 29.4 Å². The van der Waals surface area contributed by atoms with Gasteiger partial charge in [-0.15, -0.1) is 0 Å². The summed E-state index contributed by atoms with van der Waals surface area (Å²) in [4.78, 5) is 50.6. The molecular formula is C25H29N3O7. The Kier molecular flexibility index (Phi) is 8.66. The number of carbonyl (C=O) groups is 4. The number of nitrogens with one attached hydrogen (secondary N) is 2. The summed E-state index contributed by atoms with van der Waals surface area (Å²) >= 11 is 0. The van der Waals surface area contributed by atoms with Gasteiger partial charge in [0.15, 0.2) is 11.5 Å². The van der Waals surface area contributed by atoms with Crippen LogP contribution in [0.1, 0.15) is 41.2 Å². The lowest BCUT2D eigenvalue weighted by Gasteiger charge is -2.20. The molecule has 35 heavy (non-hydrogen) atoms. The normalized spacial score (nSPS) is 13.7. The van der Waals surface area contributed by atoms with Crippen LogP contribution in [0.5, 0.6) is 11.5 Å². The van der Waals surface area contributed by atoms with Gasteiger partial charge in [0.2, 0.25) is 11.8 Å². The second kappa shape index (κ2) is 11.9. The highest BCUT2D eigenvalue weighted by Crippen LogP contribution is 2.31. The Morgan fingerprint density at radius 1 is 1.00 bits per heavy atom. The van der Waals surface area contributed by atoms with Gasteiger partial charge in [0.25, 0.3) is 5.91 Å². The quantitative estimate of drug-likeness (QED) is 0.496. The van der Waals surface area contributed by atoms with E-state index in [1.165, 1.54) is 21.3 Å². The van der Waals surface area contributed by atoms with Crippen molar-refractivity contribution in [2.75, 3.05) is 39.3 Å². The van der Waals surface area contributed by atoms with Crippen LogP contribution in [0.3, 0.4) is 0 Å². The Balaban J connectivity index is 1.62. The topological polar surface area (TPSA) is 123 Å². The zero-order valence-corrected chi connectivity index (χ0v) is 20.0. The summed E-state index contributed by atoms with van der Waals surface area (Å²) in [5.74, 6) is -0.412. The number of nitrogens with zero attached hydrogens (tertiary/aromatic N) is 1. The van der Waals surface area contributed by atoms with Crippen LogP contribution in [0.15, 0.2) is 42.5 Å². The SMILES string of the molecule is COC(=O)CC(NC(=O)CNC(=O)c1ccc(N2CCCC2=O)cc1)c1ccc(OC)c(OC)c1. The van der Waals surface area contributed by atoms with Gasteiger partial charge in [-0.3, -0.25) is 19.2 Å². The average molecular weight is 484 g/mol. The molecule has 2 N–H and O–H groups in total. The van der Waals surface area contributed by atoms with Crippen molar-refractivity contribution in [1.82, 2.24) is 10.6 Å². The van der Waals surface area contributed by atoms with Crippen molar-refractivity contribution in [3.63, 3.8) is 0 Å². The smallest absolute Gasteiger partial charge is 0.307 e. The van der Waals surface area contributed by atoms with E-state index in [2.05, 4.69) is 10.6 Å². The monoisotopic (exact) mass is 483 g/mol. The Morgan fingerprint density at radius 3 is 2.31 bits per heavy atom. The minimum absolute atomic E-state index is 0.0647. The molecule has 1 unspecified atom stereocenters. The Hall–Kier alpha value is -4.08. The Morgan fingerprint density at radius 2 is 1.71 bits per heavy atom. The predicted molar refractivity (Wildman–Crippen MR) is 127 cm³/mol. The predicted octanol–water partition coefficient (Wildman–Crippen LogP) is 1.98. The first-order valence-corrected chi connectivity index (χ1v) is 11.1. The van der Waals surface area contributed by atoms with E-state index < -0.39 is 23.8 Å². The molecule has 1 saturated heterocycles. The molecule has 1 heterocycles. The van der Waals surface area contributed by atoms with Gasteiger partial charge in [-0.05, 0) is 48.4 Å². The number of carbonyl (C=O) groups excluding carboxylic acids is 4. The van der Waals surface area contributed by atoms with Gasteiger partial charge in [0.1, 0.15) is 0 Å². The van der Waals surface area contributed by atoms with Crippen molar-refractivity contribution in [2.45, 2.75) is 25.3 Å². The Bertz CT molecular complexity index is 1080. The van der Waals surface area contributed by atoms with Crippen molar-refractivity contribution < 1.29 is 33.4 Å². The second-order valence-electron chi connectivity index (χ2n) is 7.89. The van der Waals surface area contributed by atoms with Crippen molar-refractivity contribution in [1.29, 1.82) is 0 Å². The van der Waals surface area contributed by atoms with E-state index in [1.807, 2.05) is 0 Å². The summed E-state index contributed by atoms with van der Waals surface area (Å²) in [5, 5.41) is 5.32. The van der Waals surface area contributed by atoms with E-state index >= 15 is 0 Å². The third-order valence-corrected chi connectivity index (χ3v) is 5.67. The molecule has 0 aliphatic carbocycles. The maximum absolute atomic E-state index is 12.6. The molecule has 3 rings (SSSR count). The summed E-state index contributed by atoms with van der Waals surface area (Å²) in [5.41, 5.74) is 1.71. The van der Waals surface area contributed by atoms with E-state index in [-0.39, 0.29) is 18.9 Å². The zero-order chi connectivity index (χ0) is 25.4. The van der Waals surface area contributed by atoms with Gasteiger partial charge in [-0.2, -0.15) is 0 Å². The molecule has 186 valence electrons. The van der Waals surface area contributed by atoms with Crippen LogP contribution in [-0.2, 0) is 19.1 Å². The molecule has 10 heteroatoms. The fraction of sp³-hybridized carbons (Fsp3) is 0.360. The highest BCUT2D eigenvalue weighted by molar-refractivity contribution is 5.98. The summed E-state index contributed by atoms with van der Waals surface area (Å²) in [6.07, 6.45) is 1.23. The Labute approximate surface area is 203 Å². The van der Waals surface area contributed by atoms with Gasteiger partial charge in [-0.25, -0.2) is 0 Å². The van der Waals surface area contributed by atoms with Crippen LogP contribution in [0.25, 0.3) is 0 Å². The summed E-state index contributed by atoms with van der Waals surface area (Å²) in [6.45, 7) is 0.369. The van der Waals surface area contributed by atoms with Gasteiger partial charge in [0.05, 0.1) is 40.3 Å². The van der Waals surface area contributed by atoms with Crippen LogP contribution >= 0.6 is 0 Å². The molecule has 2 aromatic rings. The third kappa shape index (κ3) is 6.50. The lowest BCUT2D eigenvalue weighted by atomic mass is 10.0. The summed E-state index contributed by atoms with van der Waals surface area (Å²) < 4.78 is 15.3. The number of esters is 1. The van der Waals surface area contributed by atoms with E-state index in [0.29, 0.717) is 35.6 Å². The van der Waals surface area contributed by atoms with Crippen LogP contribution in [-0.4, -0.2) is 58.1 Å². The van der Waals surface area contributed by atoms with Crippen molar-refractivity contribution in [2.24, 2.45) is 0 Å². The van der Waals surface area contributed by atoms with E-state index in [1.54, 1.807) is 47.4 Å². The highest BCUT2D eigenvalue weighted by Gasteiger charge is 2.23. The molecule has 2 aromatic carbocycles. The molecule has 0 saturated carbocycles. The maximum Gasteiger partial charge on any atom is 0.307 e. The number of ether oxygens (including phenoxy) is 3. The number of anilines is 1. The standard InChI is InChI=1S/C25H29N3O7/c1-33-20-11-8-17(13-21(20)34-2)19(14-24(31)35-3)27-22(29)15-26-25(32)16-6-9-18(10-7-16)28-12-4-5-23(28)30/h6-11,13,19H,4-5,12,14-15H2,1-3H3,(H,26,32)(H,27,29). The fourth-order valence-electron chi connectivity index (χ4n) is 3.79. The first kappa shape index (κ1) is 25.5. The molecule has 1 aliphatic heterocycles. The fourth-order valence-corrected chi connectivity index (χ4v) is 3.79. The van der Waals surface area contributed by atoms with Gasteiger partial charge in [0, 0.05) is 24.2 Å². The number of methoxy groups -OCH3 is 3. The molecule has 1 fully saturated rings. The van der Waals surface area contributed by atoms with E-state index in [0.717, 1.165) is 12.1 Å². The van der Waals surface area contributed by atoms with E-state index in [9.17, 15) is 19.2 Å². The molecule has 0 bridgehead atoms. The molecule has 1 aliphatic rings. The van der Waals surface area contributed by atoms with Crippen molar-refractivity contribution in [3.05, 3.63) is 53.6 Å². The number of hydrogen-bond acceptors (Lipinski definition) is 7. The number of benzene rings is 2. The van der Waals surface area contributed by atoms with Crippen LogP contribution in [0.2, 0.25) is 0 Å². The lowest BCUT2D eigenvalue weighted by Crippen LogP contribution is -2.39. The van der Waals surface area contributed by atoms with Crippen molar-refractivity contribution in [3.8, 4) is 11.5 Å². The number of hydrogen-bond donors (Lipinski definition) is 2. The second-order valence-corrected chi connectivity index (χ2v) is 7.89.